The summed E-state index contributed by atoms with van der Waals surface area (Å²) < 4.78 is 66.6. The van der Waals surface area contributed by atoms with Crippen LogP contribution in [0.25, 0.3) is 0 Å². The van der Waals surface area contributed by atoms with Crippen molar-refractivity contribution in [1.29, 1.82) is 0 Å². The van der Waals surface area contributed by atoms with Gasteiger partial charge in [0.15, 0.2) is 0 Å². The van der Waals surface area contributed by atoms with Crippen LogP contribution in [0.4, 0.5) is 0 Å². The summed E-state index contributed by atoms with van der Waals surface area (Å²) in [6.07, 6.45) is -1.04. The summed E-state index contributed by atoms with van der Waals surface area (Å²) in [6.45, 7) is 7.96. The number of hydrogen-bond donors (Lipinski definition) is 0. The highest BCUT2D eigenvalue weighted by Crippen LogP contribution is 2.31. The van der Waals surface area contributed by atoms with E-state index in [1.54, 1.807) is 27.7 Å². The molecule has 29 heavy (non-hydrogen) atoms. The van der Waals surface area contributed by atoms with Crippen LogP contribution >= 0.6 is 11.6 Å². The maximum absolute atomic E-state index is 13.2. The fraction of sp³-hybridized carbons (Fsp3) is 0.667. The first kappa shape index (κ1) is 22.9. The number of ether oxygens (including phenoxy) is 2. The molecule has 2 fully saturated rings. The Bertz CT molecular complexity index is 949. The van der Waals surface area contributed by atoms with Crippen LogP contribution in [0.1, 0.15) is 27.7 Å². The highest BCUT2D eigenvalue weighted by molar-refractivity contribution is 7.90. The number of halogens is 1. The zero-order valence-electron chi connectivity index (χ0n) is 16.9. The molecule has 2 saturated heterocycles. The third-order valence-corrected chi connectivity index (χ3v) is 9.07. The number of hydrogen-bond acceptors (Lipinski definition) is 6. The monoisotopic (exact) mass is 466 g/mol. The Morgan fingerprint density at radius 2 is 1.21 bits per heavy atom. The summed E-state index contributed by atoms with van der Waals surface area (Å²) >= 11 is 6.19. The molecule has 164 valence electrons. The van der Waals surface area contributed by atoms with Gasteiger partial charge in [-0.05, 0) is 45.9 Å². The summed E-state index contributed by atoms with van der Waals surface area (Å²) in [6, 6.07) is 3.82. The van der Waals surface area contributed by atoms with E-state index in [2.05, 4.69) is 0 Å². The van der Waals surface area contributed by atoms with Gasteiger partial charge in [-0.25, -0.2) is 16.8 Å². The normalized spacial score (nSPS) is 30.4. The molecule has 0 aromatic heterocycles. The first-order valence-electron chi connectivity index (χ1n) is 9.52. The van der Waals surface area contributed by atoms with E-state index in [1.807, 2.05) is 0 Å². The number of rotatable bonds is 4. The van der Waals surface area contributed by atoms with Crippen LogP contribution in [0.5, 0.6) is 0 Å². The lowest BCUT2D eigenvalue weighted by Crippen LogP contribution is -2.48. The van der Waals surface area contributed by atoms with E-state index >= 15 is 0 Å². The van der Waals surface area contributed by atoms with Gasteiger partial charge in [-0.3, -0.25) is 0 Å². The van der Waals surface area contributed by atoms with Gasteiger partial charge in [0.2, 0.25) is 20.0 Å². The van der Waals surface area contributed by atoms with Gasteiger partial charge in [-0.15, -0.1) is 0 Å². The summed E-state index contributed by atoms with van der Waals surface area (Å²) in [5.41, 5.74) is 0. The topological polar surface area (TPSA) is 93.2 Å². The quantitative estimate of drug-likeness (QED) is 0.673. The van der Waals surface area contributed by atoms with Gasteiger partial charge in [0.25, 0.3) is 0 Å². The molecule has 2 aliphatic rings. The lowest BCUT2D eigenvalue weighted by atomic mass is 10.3. The Kier molecular flexibility index (Phi) is 6.65. The average molecular weight is 467 g/mol. The fourth-order valence-corrected chi connectivity index (χ4v) is 7.57. The van der Waals surface area contributed by atoms with Gasteiger partial charge in [-0.2, -0.15) is 8.61 Å². The minimum atomic E-state index is -3.98. The SMILES string of the molecule is C[C@@H]1CN(S(=O)(=O)c2ccc(Cl)c(S(=O)(=O)N3C[C@@H](C)O[C@@H](C)C3)c2)C[C@@H](C)O1. The molecule has 1 aromatic carbocycles. The lowest BCUT2D eigenvalue weighted by Gasteiger charge is -2.35. The average Bonchev–Trinajstić information content (AvgIpc) is 2.60. The van der Waals surface area contributed by atoms with E-state index in [0.717, 1.165) is 6.07 Å². The number of morpholine rings is 2. The van der Waals surface area contributed by atoms with E-state index in [-0.39, 0.29) is 65.4 Å². The van der Waals surface area contributed by atoms with E-state index in [9.17, 15) is 16.8 Å². The molecule has 3 rings (SSSR count). The number of benzene rings is 1. The number of sulfonamides is 2. The van der Waals surface area contributed by atoms with Crippen LogP contribution < -0.4 is 0 Å². The smallest absolute Gasteiger partial charge is 0.244 e. The van der Waals surface area contributed by atoms with Crippen molar-refractivity contribution in [3.05, 3.63) is 23.2 Å². The molecule has 0 saturated carbocycles. The van der Waals surface area contributed by atoms with E-state index in [1.165, 1.54) is 20.7 Å². The van der Waals surface area contributed by atoms with Gasteiger partial charge in [0.05, 0.1) is 34.3 Å². The van der Waals surface area contributed by atoms with Gasteiger partial charge in [0, 0.05) is 26.2 Å². The minimum absolute atomic E-state index is 0.0144. The maximum Gasteiger partial charge on any atom is 0.244 e. The molecule has 2 heterocycles. The molecule has 0 N–H and O–H groups in total. The summed E-state index contributed by atoms with van der Waals surface area (Å²) in [5, 5.41) is -0.0144. The molecule has 0 bridgehead atoms. The van der Waals surface area contributed by atoms with E-state index in [0.29, 0.717) is 0 Å². The standard InChI is InChI=1S/C18H27ClN2O6S2/c1-12-8-20(9-13(2)26-12)28(22,23)16-5-6-17(19)18(7-16)29(24,25)21-10-14(3)27-15(4)11-21/h5-7,12-15H,8-11H2,1-4H3/t12-,13-,14-,15+/m1/s1. The Hall–Kier alpha value is -0.750. The second-order valence-electron chi connectivity index (χ2n) is 7.75. The molecule has 0 spiro atoms. The summed E-state index contributed by atoms with van der Waals surface area (Å²) in [7, 11) is -7.87. The van der Waals surface area contributed by atoms with Crippen molar-refractivity contribution in [2.45, 2.75) is 61.9 Å². The summed E-state index contributed by atoms with van der Waals surface area (Å²) in [4.78, 5) is -0.313. The molecule has 2 aliphatic heterocycles. The zero-order valence-corrected chi connectivity index (χ0v) is 19.3. The third kappa shape index (κ3) is 4.79. The van der Waals surface area contributed by atoms with Crippen molar-refractivity contribution < 1.29 is 26.3 Å². The van der Waals surface area contributed by atoms with Crippen LogP contribution in [0.2, 0.25) is 5.02 Å². The van der Waals surface area contributed by atoms with Crippen molar-refractivity contribution in [3.8, 4) is 0 Å². The highest BCUT2D eigenvalue weighted by Gasteiger charge is 2.36. The van der Waals surface area contributed by atoms with Crippen molar-refractivity contribution in [1.82, 2.24) is 8.61 Å². The van der Waals surface area contributed by atoms with Gasteiger partial charge < -0.3 is 9.47 Å². The maximum atomic E-state index is 13.2. The Morgan fingerprint density at radius 3 is 1.66 bits per heavy atom. The van der Waals surface area contributed by atoms with Crippen LogP contribution in [0.3, 0.4) is 0 Å². The van der Waals surface area contributed by atoms with Gasteiger partial charge in [0.1, 0.15) is 4.90 Å². The number of nitrogens with zero attached hydrogens (tertiary/aromatic N) is 2. The van der Waals surface area contributed by atoms with Crippen LogP contribution in [0, 0.1) is 0 Å². The van der Waals surface area contributed by atoms with Gasteiger partial charge in [-0.1, -0.05) is 11.6 Å². The van der Waals surface area contributed by atoms with Crippen LogP contribution in [0.15, 0.2) is 28.0 Å². The van der Waals surface area contributed by atoms with Crippen LogP contribution in [-0.4, -0.2) is 76.0 Å². The summed E-state index contributed by atoms with van der Waals surface area (Å²) in [5.74, 6) is 0. The first-order valence-corrected chi connectivity index (χ1v) is 12.8. The Labute approximate surface area is 177 Å². The molecule has 0 aliphatic carbocycles. The highest BCUT2D eigenvalue weighted by atomic mass is 35.5. The van der Waals surface area contributed by atoms with E-state index in [4.69, 9.17) is 21.1 Å². The molecule has 11 heteroatoms. The van der Waals surface area contributed by atoms with Crippen molar-refractivity contribution in [2.75, 3.05) is 26.2 Å². The molecular weight excluding hydrogens is 440 g/mol. The predicted molar refractivity (Wildman–Crippen MR) is 109 cm³/mol. The molecule has 0 radical (unpaired) electrons. The minimum Gasteiger partial charge on any atom is -0.373 e. The second kappa shape index (κ2) is 8.41. The van der Waals surface area contributed by atoms with Crippen molar-refractivity contribution in [2.24, 2.45) is 0 Å². The van der Waals surface area contributed by atoms with Crippen molar-refractivity contribution in [3.63, 3.8) is 0 Å². The van der Waals surface area contributed by atoms with Crippen molar-refractivity contribution >= 4 is 31.6 Å². The zero-order chi connectivity index (χ0) is 21.6. The molecule has 0 unspecified atom stereocenters. The molecular formula is C18H27ClN2O6S2. The first-order chi connectivity index (χ1) is 13.4. The second-order valence-corrected chi connectivity index (χ2v) is 12.0. The molecule has 0 amide bonds. The molecule has 4 atom stereocenters. The lowest BCUT2D eigenvalue weighted by molar-refractivity contribution is -0.0441. The Balaban J connectivity index is 1.97. The third-order valence-electron chi connectivity index (χ3n) is 4.93. The fourth-order valence-electron chi connectivity index (χ4n) is 3.78. The largest absolute Gasteiger partial charge is 0.373 e. The van der Waals surface area contributed by atoms with Crippen LogP contribution in [-0.2, 0) is 29.5 Å². The molecule has 1 aromatic rings. The van der Waals surface area contributed by atoms with Gasteiger partial charge >= 0.3 is 0 Å². The Morgan fingerprint density at radius 1 is 0.793 bits per heavy atom. The molecule has 8 nitrogen and oxygen atoms in total. The predicted octanol–water partition coefficient (Wildman–Crippen LogP) is 1.94. The van der Waals surface area contributed by atoms with E-state index < -0.39 is 20.0 Å².